The Morgan fingerprint density at radius 2 is 1.85 bits per heavy atom. The summed E-state index contributed by atoms with van der Waals surface area (Å²) in [4.78, 5) is 10.2. The first-order chi connectivity index (χ1) is 12.9. The van der Waals surface area contributed by atoms with Crippen molar-refractivity contribution >= 4 is 23.9 Å². The third-order valence-corrected chi connectivity index (χ3v) is 4.31. The number of alkyl halides is 2. The van der Waals surface area contributed by atoms with Crippen LogP contribution in [-0.2, 0) is 10.5 Å². The standard InChI is InChI=1S/C16H17F2NO2S.C2H6N2O/c1-19-12-6-5-8-13(21-16(17)18)11(12)10-22-15-9-4-3-7-14(15)20-2;1-4(3)2-5/h3-9,16,19H,10H2,1-2H3;2H,3H2,1H3. The van der Waals surface area contributed by atoms with Crippen LogP contribution in [0.3, 0.4) is 0 Å². The van der Waals surface area contributed by atoms with Crippen molar-refractivity contribution in [1.82, 2.24) is 5.01 Å². The molecule has 0 bridgehead atoms. The summed E-state index contributed by atoms with van der Waals surface area (Å²) in [5.41, 5.74) is 1.46. The van der Waals surface area contributed by atoms with Gasteiger partial charge in [0.25, 0.3) is 0 Å². The van der Waals surface area contributed by atoms with Gasteiger partial charge in [0.1, 0.15) is 11.5 Å². The van der Waals surface area contributed by atoms with Crippen LogP contribution in [0.5, 0.6) is 11.5 Å². The Kier molecular flexibility index (Phi) is 9.99. The maximum atomic E-state index is 12.5. The van der Waals surface area contributed by atoms with E-state index in [0.29, 0.717) is 17.7 Å². The lowest BCUT2D eigenvalue weighted by Crippen LogP contribution is -2.23. The summed E-state index contributed by atoms with van der Waals surface area (Å²) < 4.78 is 35.0. The molecule has 148 valence electrons. The fourth-order valence-corrected chi connectivity index (χ4v) is 3.11. The predicted octanol–water partition coefficient (Wildman–Crippen LogP) is 3.58. The third-order valence-electron chi connectivity index (χ3n) is 3.23. The van der Waals surface area contributed by atoms with Crippen molar-refractivity contribution in [3.05, 3.63) is 48.0 Å². The van der Waals surface area contributed by atoms with Gasteiger partial charge in [-0.25, -0.2) is 5.84 Å². The summed E-state index contributed by atoms with van der Waals surface area (Å²) in [6, 6.07) is 12.6. The van der Waals surface area contributed by atoms with Gasteiger partial charge in [-0.2, -0.15) is 8.78 Å². The highest BCUT2D eigenvalue weighted by atomic mass is 32.2. The molecule has 0 unspecified atom stereocenters. The quantitative estimate of drug-likeness (QED) is 0.232. The predicted molar refractivity (Wildman–Crippen MR) is 103 cm³/mol. The average molecular weight is 399 g/mol. The molecule has 2 aromatic rings. The molecule has 0 saturated carbocycles. The SMILES string of the molecule is CN(N)C=O.CNc1cccc(OC(F)F)c1CSc1ccccc1OC. The van der Waals surface area contributed by atoms with Gasteiger partial charge in [0.2, 0.25) is 6.41 Å². The molecule has 0 aliphatic heterocycles. The number of hydrogen-bond donors (Lipinski definition) is 2. The van der Waals surface area contributed by atoms with Gasteiger partial charge in [0.05, 0.1) is 7.11 Å². The Labute approximate surface area is 161 Å². The van der Waals surface area contributed by atoms with E-state index in [0.717, 1.165) is 21.3 Å². The van der Waals surface area contributed by atoms with Crippen LogP contribution < -0.4 is 20.6 Å². The molecule has 6 nitrogen and oxygen atoms in total. The fourth-order valence-electron chi connectivity index (χ4n) is 2.04. The zero-order valence-electron chi connectivity index (χ0n) is 15.3. The molecule has 0 radical (unpaired) electrons. The van der Waals surface area contributed by atoms with Crippen LogP contribution in [0.15, 0.2) is 47.4 Å². The molecule has 0 fully saturated rings. The van der Waals surface area contributed by atoms with Gasteiger partial charge in [-0.05, 0) is 24.3 Å². The minimum absolute atomic E-state index is 0.184. The van der Waals surface area contributed by atoms with E-state index in [2.05, 4.69) is 10.1 Å². The number of methoxy groups -OCH3 is 1. The second-order valence-electron chi connectivity index (χ2n) is 5.12. The molecular weight excluding hydrogens is 376 g/mol. The van der Waals surface area contributed by atoms with Crippen molar-refractivity contribution < 1.29 is 23.0 Å². The second-order valence-corrected chi connectivity index (χ2v) is 6.14. The van der Waals surface area contributed by atoms with E-state index in [-0.39, 0.29) is 5.75 Å². The smallest absolute Gasteiger partial charge is 0.387 e. The van der Waals surface area contributed by atoms with E-state index in [1.165, 1.54) is 18.8 Å². The molecule has 0 aliphatic rings. The molecule has 0 aromatic heterocycles. The summed E-state index contributed by atoms with van der Waals surface area (Å²) in [6.45, 7) is -2.85. The lowest BCUT2D eigenvalue weighted by atomic mass is 10.2. The second kappa shape index (κ2) is 12.0. The Balaban J connectivity index is 0.000000646. The number of amides is 1. The Hall–Kier alpha value is -2.52. The Bertz CT molecular complexity index is 718. The summed E-state index contributed by atoms with van der Waals surface area (Å²) in [5.74, 6) is 6.18. The molecule has 9 heteroatoms. The maximum absolute atomic E-state index is 12.5. The van der Waals surface area contributed by atoms with E-state index >= 15 is 0 Å². The van der Waals surface area contributed by atoms with Crippen molar-refractivity contribution in [2.75, 3.05) is 26.5 Å². The number of nitrogens with one attached hydrogen (secondary N) is 1. The first-order valence-corrected chi connectivity index (χ1v) is 8.84. The molecule has 27 heavy (non-hydrogen) atoms. The monoisotopic (exact) mass is 399 g/mol. The van der Waals surface area contributed by atoms with Gasteiger partial charge in [-0.15, -0.1) is 11.8 Å². The molecule has 0 heterocycles. The van der Waals surface area contributed by atoms with Gasteiger partial charge < -0.3 is 14.8 Å². The maximum Gasteiger partial charge on any atom is 0.387 e. The third kappa shape index (κ3) is 7.71. The number of hydrazine groups is 1. The van der Waals surface area contributed by atoms with Gasteiger partial charge in [-0.1, -0.05) is 18.2 Å². The summed E-state index contributed by atoms with van der Waals surface area (Å²) in [5, 5.41) is 3.95. The fraction of sp³-hybridized carbons (Fsp3) is 0.278. The molecule has 3 N–H and O–H groups in total. The number of para-hydroxylation sites is 1. The number of nitrogens with zero attached hydrogens (tertiary/aromatic N) is 1. The first kappa shape index (κ1) is 22.5. The topological polar surface area (TPSA) is 76.8 Å². The van der Waals surface area contributed by atoms with Crippen molar-refractivity contribution in [2.45, 2.75) is 17.3 Å². The first-order valence-electron chi connectivity index (χ1n) is 7.86. The van der Waals surface area contributed by atoms with E-state index in [9.17, 15) is 13.6 Å². The lowest BCUT2D eigenvalue weighted by molar-refractivity contribution is -0.117. The van der Waals surface area contributed by atoms with E-state index in [1.54, 1.807) is 26.3 Å². The molecular formula is C18H23F2N3O3S. The van der Waals surface area contributed by atoms with Gasteiger partial charge in [0.15, 0.2) is 0 Å². The van der Waals surface area contributed by atoms with Crippen LogP contribution in [0, 0.1) is 0 Å². The number of anilines is 1. The Morgan fingerprint density at radius 3 is 2.41 bits per heavy atom. The minimum Gasteiger partial charge on any atom is -0.496 e. The van der Waals surface area contributed by atoms with Crippen LogP contribution in [0.2, 0.25) is 0 Å². The van der Waals surface area contributed by atoms with E-state index in [4.69, 9.17) is 10.6 Å². The number of hydrogen-bond acceptors (Lipinski definition) is 6. The van der Waals surface area contributed by atoms with Crippen LogP contribution in [0.1, 0.15) is 5.56 Å². The number of benzene rings is 2. The number of thioether (sulfide) groups is 1. The summed E-state index contributed by atoms with van der Waals surface area (Å²) in [6.07, 6.45) is 0.528. The van der Waals surface area contributed by atoms with Gasteiger partial charge in [0, 0.05) is 36.0 Å². The number of halogens is 2. The zero-order chi connectivity index (χ0) is 20.2. The lowest BCUT2D eigenvalue weighted by Gasteiger charge is -2.15. The van der Waals surface area contributed by atoms with Crippen molar-refractivity contribution in [3.8, 4) is 11.5 Å². The van der Waals surface area contributed by atoms with Crippen LogP contribution in [0.4, 0.5) is 14.5 Å². The van der Waals surface area contributed by atoms with E-state index < -0.39 is 6.61 Å². The summed E-state index contributed by atoms with van der Waals surface area (Å²) >= 11 is 1.51. The minimum atomic E-state index is -2.85. The Morgan fingerprint density at radius 1 is 1.22 bits per heavy atom. The van der Waals surface area contributed by atoms with E-state index in [1.807, 2.05) is 30.3 Å². The number of carbonyl (C=O) groups excluding carboxylic acids is 1. The average Bonchev–Trinajstić information content (AvgIpc) is 2.67. The molecule has 0 atom stereocenters. The highest BCUT2D eigenvalue weighted by molar-refractivity contribution is 7.98. The molecule has 0 spiro atoms. The highest BCUT2D eigenvalue weighted by Gasteiger charge is 2.14. The zero-order valence-corrected chi connectivity index (χ0v) is 16.1. The molecule has 1 amide bonds. The van der Waals surface area contributed by atoms with Crippen molar-refractivity contribution in [1.29, 1.82) is 0 Å². The number of rotatable bonds is 8. The molecule has 0 aliphatic carbocycles. The highest BCUT2D eigenvalue weighted by Crippen LogP contribution is 2.37. The van der Waals surface area contributed by atoms with Gasteiger partial charge in [-0.3, -0.25) is 9.80 Å². The van der Waals surface area contributed by atoms with Gasteiger partial charge >= 0.3 is 6.61 Å². The largest absolute Gasteiger partial charge is 0.496 e. The van der Waals surface area contributed by atoms with Crippen LogP contribution in [0.25, 0.3) is 0 Å². The number of ether oxygens (including phenoxy) is 2. The molecule has 0 saturated heterocycles. The molecule has 2 rings (SSSR count). The number of nitrogens with two attached hydrogens (primary N) is 1. The normalized spacial score (nSPS) is 9.89. The van der Waals surface area contributed by atoms with Crippen LogP contribution >= 0.6 is 11.8 Å². The number of carbonyl (C=O) groups is 1. The summed E-state index contributed by atoms with van der Waals surface area (Å²) in [7, 11) is 4.82. The van der Waals surface area contributed by atoms with Crippen molar-refractivity contribution in [2.24, 2.45) is 5.84 Å². The van der Waals surface area contributed by atoms with Crippen LogP contribution in [-0.4, -0.2) is 39.2 Å². The molecule has 2 aromatic carbocycles. The van der Waals surface area contributed by atoms with Crippen molar-refractivity contribution in [3.63, 3.8) is 0 Å².